The Morgan fingerprint density at radius 3 is 1.91 bits per heavy atom. The molecule has 0 aliphatic heterocycles. The number of anilines is 3. The molecule has 0 saturated carbocycles. The molecule has 0 atom stereocenters. The Morgan fingerprint density at radius 2 is 1.07 bits per heavy atom. The molecular weight excluding hydrogens is 707 g/mol. The average molecular weight is 744 g/mol. The van der Waals surface area contributed by atoms with E-state index in [1.807, 2.05) is 12.1 Å². The van der Waals surface area contributed by atoms with Crippen molar-refractivity contribution < 1.29 is 4.42 Å². The van der Waals surface area contributed by atoms with Crippen LogP contribution in [-0.4, -0.2) is 9.55 Å². The summed E-state index contributed by atoms with van der Waals surface area (Å²) in [6.45, 7) is 2.09. The molecule has 0 aliphatic rings. The largest absolute Gasteiger partial charge is 0.435 e. The third kappa shape index (κ3) is 5.82. The summed E-state index contributed by atoms with van der Waals surface area (Å²) in [4.78, 5) is 7.24. The number of aryl methyl sites for hydroxylation is 1. The zero-order chi connectivity index (χ0) is 38.6. The molecule has 0 bridgehead atoms. The summed E-state index contributed by atoms with van der Waals surface area (Å²) in [5, 5.41) is 4.60. The predicted octanol–water partition coefficient (Wildman–Crippen LogP) is 14.9. The lowest BCUT2D eigenvalue weighted by Gasteiger charge is -2.26. The van der Waals surface area contributed by atoms with Gasteiger partial charge >= 0.3 is 0 Å². The minimum atomic E-state index is 0.639. The highest BCUT2D eigenvalue weighted by Gasteiger charge is 2.19. The van der Waals surface area contributed by atoms with Crippen molar-refractivity contribution in [1.29, 1.82) is 0 Å². The zero-order valence-corrected chi connectivity index (χ0v) is 31.9. The molecule has 0 radical (unpaired) electrons. The van der Waals surface area contributed by atoms with E-state index in [4.69, 9.17) is 9.40 Å². The van der Waals surface area contributed by atoms with E-state index in [9.17, 15) is 0 Å². The second kappa shape index (κ2) is 13.8. The number of fused-ring (bicyclic) bond motifs is 6. The first-order valence-corrected chi connectivity index (χ1v) is 19.7. The molecule has 11 rings (SSSR count). The Labute approximate surface area is 336 Å². The Kier molecular flexibility index (Phi) is 8.00. The van der Waals surface area contributed by atoms with Crippen LogP contribution in [0.4, 0.5) is 17.1 Å². The van der Waals surface area contributed by atoms with E-state index in [0.717, 1.165) is 61.3 Å². The number of benzene rings is 9. The fraction of sp³-hybridized carbons (Fsp3) is 0.0185. The molecule has 11 aromatic rings. The van der Waals surface area contributed by atoms with Gasteiger partial charge in [0, 0.05) is 44.5 Å². The van der Waals surface area contributed by atoms with Crippen molar-refractivity contribution in [3.63, 3.8) is 0 Å². The van der Waals surface area contributed by atoms with Crippen LogP contribution in [0, 0.1) is 6.92 Å². The second-order valence-corrected chi connectivity index (χ2v) is 14.9. The second-order valence-electron chi connectivity index (χ2n) is 14.9. The van der Waals surface area contributed by atoms with Gasteiger partial charge in [-0.3, -0.25) is 0 Å². The van der Waals surface area contributed by atoms with Crippen molar-refractivity contribution in [2.45, 2.75) is 6.92 Å². The molecular formula is C54H37N3O. The van der Waals surface area contributed by atoms with E-state index in [0.29, 0.717) is 5.89 Å². The summed E-state index contributed by atoms with van der Waals surface area (Å²) in [5.74, 6) is 0.639. The number of nitrogens with zero attached hydrogens (tertiary/aromatic N) is 3. The van der Waals surface area contributed by atoms with Crippen LogP contribution >= 0.6 is 0 Å². The molecule has 0 aliphatic carbocycles. The first-order valence-electron chi connectivity index (χ1n) is 19.7. The van der Waals surface area contributed by atoms with Crippen LogP contribution in [0.25, 0.3) is 83.1 Å². The van der Waals surface area contributed by atoms with Crippen LogP contribution in [0.5, 0.6) is 0 Å². The number of rotatable bonds is 7. The lowest BCUT2D eigenvalue weighted by molar-refractivity contribution is 0.623. The summed E-state index contributed by atoms with van der Waals surface area (Å²) in [6.07, 6.45) is 0. The normalized spacial score (nSPS) is 11.5. The number of oxazole rings is 1. The maximum absolute atomic E-state index is 6.47. The van der Waals surface area contributed by atoms with Gasteiger partial charge in [0.2, 0.25) is 5.89 Å². The van der Waals surface area contributed by atoms with Gasteiger partial charge in [0.25, 0.3) is 0 Å². The molecule has 9 aromatic carbocycles. The van der Waals surface area contributed by atoms with E-state index in [1.165, 1.54) is 38.5 Å². The molecule has 0 spiro atoms. The average Bonchev–Trinajstić information content (AvgIpc) is 3.88. The summed E-state index contributed by atoms with van der Waals surface area (Å²) in [6, 6.07) is 73.6. The Hall–Kier alpha value is -7.69. The van der Waals surface area contributed by atoms with E-state index in [1.54, 1.807) is 0 Å². The molecule has 0 saturated heterocycles. The maximum Gasteiger partial charge on any atom is 0.227 e. The number of hydrogen-bond donors (Lipinski definition) is 0. The molecule has 4 nitrogen and oxygen atoms in total. The molecule has 0 unspecified atom stereocenters. The summed E-state index contributed by atoms with van der Waals surface area (Å²) in [7, 11) is 0. The lowest BCUT2D eigenvalue weighted by Crippen LogP contribution is -2.10. The van der Waals surface area contributed by atoms with Crippen LogP contribution < -0.4 is 4.90 Å². The third-order valence-corrected chi connectivity index (χ3v) is 11.2. The first kappa shape index (κ1) is 33.6. The quantitative estimate of drug-likeness (QED) is 0.163. The van der Waals surface area contributed by atoms with E-state index in [2.05, 4.69) is 211 Å². The molecule has 2 aromatic heterocycles. The summed E-state index contributed by atoms with van der Waals surface area (Å²) in [5.41, 5.74) is 15.2. The van der Waals surface area contributed by atoms with Crippen LogP contribution in [0.2, 0.25) is 0 Å². The van der Waals surface area contributed by atoms with Crippen molar-refractivity contribution in [3.8, 4) is 39.4 Å². The SMILES string of the molecule is Cc1cccc(-c2nc3ccc4ccc(-c5ccc(N(c6cccc(-c7ccccc7)c6)c6ccc7c(c6)c6ccccc6n7-c6ccccc6)cc5)cc4c3o2)c1. The van der Waals surface area contributed by atoms with Gasteiger partial charge in [-0.1, -0.05) is 127 Å². The van der Waals surface area contributed by atoms with Gasteiger partial charge in [0.15, 0.2) is 5.58 Å². The smallest absolute Gasteiger partial charge is 0.227 e. The van der Waals surface area contributed by atoms with E-state index in [-0.39, 0.29) is 0 Å². The van der Waals surface area contributed by atoms with Crippen molar-refractivity contribution in [1.82, 2.24) is 9.55 Å². The van der Waals surface area contributed by atoms with Gasteiger partial charge in [0.05, 0.1) is 11.0 Å². The first-order chi connectivity index (χ1) is 28.6. The van der Waals surface area contributed by atoms with Gasteiger partial charge in [-0.05, 0) is 119 Å². The van der Waals surface area contributed by atoms with E-state index < -0.39 is 0 Å². The van der Waals surface area contributed by atoms with Gasteiger partial charge in [-0.25, -0.2) is 4.98 Å². The zero-order valence-electron chi connectivity index (χ0n) is 31.9. The minimum absolute atomic E-state index is 0.639. The fourth-order valence-electron chi connectivity index (χ4n) is 8.45. The predicted molar refractivity (Wildman–Crippen MR) is 242 cm³/mol. The van der Waals surface area contributed by atoms with Crippen molar-refractivity contribution >= 4 is 60.7 Å². The van der Waals surface area contributed by atoms with Crippen LogP contribution in [0.1, 0.15) is 5.56 Å². The summed E-state index contributed by atoms with van der Waals surface area (Å²) < 4.78 is 8.83. The topological polar surface area (TPSA) is 34.2 Å². The Bertz CT molecular complexity index is 3290. The van der Waals surface area contributed by atoms with Gasteiger partial charge in [-0.2, -0.15) is 0 Å². The summed E-state index contributed by atoms with van der Waals surface area (Å²) >= 11 is 0. The van der Waals surface area contributed by atoms with Crippen LogP contribution in [0.15, 0.2) is 211 Å². The number of hydrogen-bond acceptors (Lipinski definition) is 3. The molecule has 2 heterocycles. The maximum atomic E-state index is 6.47. The molecule has 0 N–H and O–H groups in total. The Balaban J connectivity index is 1.03. The van der Waals surface area contributed by atoms with E-state index >= 15 is 0 Å². The molecule has 0 amide bonds. The van der Waals surface area contributed by atoms with Crippen LogP contribution in [0.3, 0.4) is 0 Å². The number of para-hydroxylation sites is 2. The fourth-order valence-corrected chi connectivity index (χ4v) is 8.45. The molecule has 0 fully saturated rings. The van der Waals surface area contributed by atoms with Crippen molar-refractivity contribution in [2.75, 3.05) is 4.90 Å². The van der Waals surface area contributed by atoms with Gasteiger partial charge in [0.1, 0.15) is 5.52 Å². The van der Waals surface area contributed by atoms with Crippen LogP contribution in [-0.2, 0) is 0 Å². The number of aromatic nitrogens is 2. The Morgan fingerprint density at radius 1 is 0.431 bits per heavy atom. The van der Waals surface area contributed by atoms with Crippen molar-refractivity contribution in [3.05, 3.63) is 212 Å². The molecule has 58 heavy (non-hydrogen) atoms. The minimum Gasteiger partial charge on any atom is -0.435 e. The van der Waals surface area contributed by atoms with Gasteiger partial charge < -0.3 is 13.9 Å². The highest BCUT2D eigenvalue weighted by molar-refractivity contribution is 6.11. The molecule has 4 heteroatoms. The third-order valence-electron chi connectivity index (χ3n) is 11.2. The highest BCUT2D eigenvalue weighted by Crippen LogP contribution is 2.42. The molecule has 274 valence electrons. The monoisotopic (exact) mass is 743 g/mol. The van der Waals surface area contributed by atoms with Gasteiger partial charge in [-0.15, -0.1) is 0 Å². The highest BCUT2D eigenvalue weighted by atomic mass is 16.3. The lowest BCUT2D eigenvalue weighted by atomic mass is 10.00. The standard InChI is InChI=1S/C54H37N3O/c1-36-12-10-16-42(32-36)54-55-50-30-26-39-22-23-41(34-48(39)53(50)58-54)38-24-27-44(28-25-38)56(45-19-11-15-40(33-45)37-13-4-2-5-14-37)46-29-31-52-49(35-46)47-20-8-9-21-51(47)57(52)43-17-6-3-7-18-43/h2-35H,1H3. The van der Waals surface area contributed by atoms with Crippen molar-refractivity contribution in [2.24, 2.45) is 0 Å².